The van der Waals surface area contributed by atoms with Crippen molar-refractivity contribution >= 4 is 34.2 Å². The fourth-order valence-corrected chi connectivity index (χ4v) is 2.80. The van der Waals surface area contributed by atoms with Gasteiger partial charge in [0.15, 0.2) is 0 Å². The second kappa shape index (κ2) is 11.1. The third kappa shape index (κ3) is 8.36. The lowest BCUT2D eigenvalue weighted by molar-refractivity contribution is 0.577. The largest absolute Gasteiger partial charge is 0.0864 e. The first-order valence-corrected chi connectivity index (χ1v) is 9.03. The van der Waals surface area contributed by atoms with Crippen LogP contribution in [0, 0.1) is 0 Å². The molecule has 0 aromatic heterocycles. The van der Waals surface area contributed by atoms with E-state index in [2.05, 4.69) is 34.7 Å². The number of alkyl halides is 1. The maximum absolute atomic E-state index is 5.87. The Hall–Kier alpha value is 0.240. The molecule has 0 saturated heterocycles. The first-order valence-electron chi connectivity index (χ1n) is 7.13. The second-order valence-corrected chi connectivity index (χ2v) is 6.41. The van der Waals surface area contributed by atoms with Gasteiger partial charge < -0.3 is 0 Å². The molecule has 1 aromatic carbocycles. The molecule has 102 valence electrons. The molecule has 1 rings (SSSR count). The number of halogens is 2. The first-order chi connectivity index (χ1) is 8.83. The van der Waals surface area contributed by atoms with Gasteiger partial charge in [0.25, 0.3) is 0 Å². The molecule has 1 aromatic rings. The molecular formula is C16H24ClI. The van der Waals surface area contributed by atoms with Crippen LogP contribution in [0.3, 0.4) is 0 Å². The number of hydrogen-bond donors (Lipinski definition) is 0. The highest BCUT2D eigenvalue weighted by molar-refractivity contribution is 14.1. The molecule has 0 atom stereocenters. The summed E-state index contributed by atoms with van der Waals surface area (Å²) in [6, 6.07) is 8.27. The molecule has 0 nitrogen and oxygen atoms in total. The first kappa shape index (κ1) is 16.3. The molecule has 0 saturated carbocycles. The average molecular weight is 379 g/mol. The Morgan fingerprint density at radius 3 is 1.78 bits per heavy atom. The average Bonchev–Trinajstić information content (AvgIpc) is 2.39. The minimum absolute atomic E-state index is 0.838. The van der Waals surface area contributed by atoms with Crippen LogP contribution in [-0.4, -0.2) is 4.43 Å². The number of rotatable bonds is 10. The van der Waals surface area contributed by atoms with Crippen LogP contribution >= 0.6 is 34.2 Å². The molecule has 0 spiro atoms. The maximum Gasteiger partial charge on any atom is 0.0406 e. The Balaban J connectivity index is 1.91. The third-order valence-corrected chi connectivity index (χ3v) is 4.28. The quantitative estimate of drug-likeness (QED) is 0.250. The highest BCUT2D eigenvalue weighted by atomic mass is 127. The smallest absolute Gasteiger partial charge is 0.0406 e. The summed E-state index contributed by atoms with van der Waals surface area (Å²) in [6.45, 7) is 0. The van der Waals surface area contributed by atoms with Crippen molar-refractivity contribution in [3.8, 4) is 0 Å². The molecular weight excluding hydrogens is 355 g/mol. The van der Waals surface area contributed by atoms with E-state index in [9.17, 15) is 0 Å². The van der Waals surface area contributed by atoms with E-state index in [1.807, 2.05) is 12.1 Å². The Morgan fingerprint density at radius 1 is 0.722 bits per heavy atom. The fourth-order valence-electron chi connectivity index (χ4n) is 2.14. The summed E-state index contributed by atoms with van der Waals surface area (Å²) in [7, 11) is 0. The highest BCUT2D eigenvalue weighted by Crippen LogP contribution is 2.14. The summed E-state index contributed by atoms with van der Waals surface area (Å²) in [5, 5.41) is 0.838. The van der Waals surface area contributed by atoms with Gasteiger partial charge in [-0.3, -0.25) is 0 Å². The summed E-state index contributed by atoms with van der Waals surface area (Å²) in [5.74, 6) is 0. The van der Waals surface area contributed by atoms with Crippen LogP contribution < -0.4 is 0 Å². The summed E-state index contributed by atoms with van der Waals surface area (Å²) < 4.78 is 1.32. The van der Waals surface area contributed by atoms with Crippen molar-refractivity contribution in [2.24, 2.45) is 0 Å². The molecule has 18 heavy (non-hydrogen) atoms. The molecule has 0 heterocycles. The summed E-state index contributed by atoms with van der Waals surface area (Å²) >= 11 is 8.33. The molecule has 0 amide bonds. The summed E-state index contributed by atoms with van der Waals surface area (Å²) in [6.07, 6.45) is 12.4. The molecule has 0 bridgehead atoms. The Kier molecular flexibility index (Phi) is 10.0. The van der Waals surface area contributed by atoms with Gasteiger partial charge >= 0.3 is 0 Å². The lowest BCUT2D eigenvalue weighted by atomic mass is 10.0. The van der Waals surface area contributed by atoms with Gasteiger partial charge in [-0.1, -0.05) is 84.8 Å². The molecule has 0 fully saturated rings. The van der Waals surface area contributed by atoms with Crippen LogP contribution in [0.15, 0.2) is 24.3 Å². The van der Waals surface area contributed by atoms with E-state index in [1.54, 1.807) is 0 Å². The molecule has 0 radical (unpaired) electrons. The van der Waals surface area contributed by atoms with Crippen molar-refractivity contribution < 1.29 is 0 Å². The van der Waals surface area contributed by atoms with Gasteiger partial charge in [0.2, 0.25) is 0 Å². The summed E-state index contributed by atoms with van der Waals surface area (Å²) in [4.78, 5) is 0. The Bertz CT molecular complexity index is 294. The van der Waals surface area contributed by atoms with Crippen molar-refractivity contribution in [1.29, 1.82) is 0 Å². The monoisotopic (exact) mass is 378 g/mol. The number of benzene rings is 1. The normalized spacial score (nSPS) is 10.8. The maximum atomic E-state index is 5.87. The van der Waals surface area contributed by atoms with Crippen LogP contribution in [0.25, 0.3) is 0 Å². The van der Waals surface area contributed by atoms with Gasteiger partial charge in [0, 0.05) is 5.02 Å². The van der Waals surface area contributed by atoms with Crippen LogP contribution in [0.4, 0.5) is 0 Å². The zero-order valence-electron chi connectivity index (χ0n) is 11.1. The highest BCUT2D eigenvalue weighted by Gasteiger charge is 1.95. The van der Waals surface area contributed by atoms with E-state index in [0.717, 1.165) is 5.02 Å². The van der Waals surface area contributed by atoms with Crippen LogP contribution in [0.5, 0.6) is 0 Å². The van der Waals surface area contributed by atoms with Gasteiger partial charge in [-0.15, -0.1) is 0 Å². The van der Waals surface area contributed by atoms with Gasteiger partial charge in [-0.2, -0.15) is 0 Å². The zero-order chi connectivity index (χ0) is 13.1. The van der Waals surface area contributed by atoms with Crippen molar-refractivity contribution in [3.05, 3.63) is 34.9 Å². The van der Waals surface area contributed by atoms with Crippen molar-refractivity contribution in [1.82, 2.24) is 0 Å². The number of unbranched alkanes of at least 4 members (excludes halogenated alkanes) is 7. The third-order valence-electron chi connectivity index (χ3n) is 3.26. The van der Waals surface area contributed by atoms with E-state index in [-0.39, 0.29) is 0 Å². The van der Waals surface area contributed by atoms with E-state index >= 15 is 0 Å². The predicted octanol–water partition coefficient (Wildman–Crippen LogP) is 6.44. The SMILES string of the molecule is Clc1ccc(CCCCCCCCCCI)cc1. The van der Waals surface area contributed by atoms with E-state index in [4.69, 9.17) is 11.6 Å². The molecule has 0 aliphatic heterocycles. The van der Waals surface area contributed by atoms with Crippen LogP contribution in [0.2, 0.25) is 5.02 Å². The lowest BCUT2D eigenvalue weighted by Crippen LogP contribution is -1.86. The topological polar surface area (TPSA) is 0 Å². The second-order valence-electron chi connectivity index (χ2n) is 4.89. The fraction of sp³-hybridized carbons (Fsp3) is 0.625. The van der Waals surface area contributed by atoms with Crippen LogP contribution in [-0.2, 0) is 6.42 Å². The predicted molar refractivity (Wildman–Crippen MR) is 91.0 cm³/mol. The molecule has 0 aliphatic rings. The minimum Gasteiger partial charge on any atom is -0.0864 e. The Morgan fingerprint density at radius 2 is 1.22 bits per heavy atom. The molecule has 0 aliphatic carbocycles. The van der Waals surface area contributed by atoms with E-state index in [0.29, 0.717) is 0 Å². The van der Waals surface area contributed by atoms with Crippen LogP contribution in [0.1, 0.15) is 56.9 Å². The lowest BCUT2D eigenvalue weighted by Gasteiger charge is -2.03. The van der Waals surface area contributed by atoms with E-state index < -0.39 is 0 Å². The van der Waals surface area contributed by atoms with Crippen molar-refractivity contribution in [2.75, 3.05) is 4.43 Å². The summed E-state index contributed by atoms with van der Waals surface area (Å²) in [5.41, 5.74) is 1.42. The van der Waals surface area contributed by atoms with Gasteiger partial charge in [0.05, 0.1) is 0 Å². The number of aryl methyl sites for hydroxylation is 1. The van der Waals surface area contributed by atoms with Gasteiger partial charge in [0.1, 0.15) is 0 Å². The zero-order valence-corrected chi connectivity index (χ0v) is 14.0. The van der Waals surface area contributed by atoms with Crippen molar-refractivity contribution in [3.63, 3.8) is 0 Å². The Labute approximate surface area is 131 Å². The van der Waals surface area contributed by atoms with E-state index in [1.165, 1.54) is 67.8 Å². The molecule has 0 N–H and O–H groups in total. The molecule has 2 heteroatoms. The van der Waals surface area contributed by atoms with Crippen molar-refractivity contribution in [2.45, 2.75) is 57.8 Å². The number of hydrogen-bond acceptors (Lipinski definition) is 0. The van der Waals surface area contributed by atoms with Gasteiger partial charge in [-0.25, -0.2) is 0 Å². The standard InChI is InChI=1S/C16H24ClI/c17-16-12-10-15(11-13-16)9-7-5-3-1-2-4-6-8-14-18/h10-13H,1-9,14H2. The van der Waals surface area contributed by atoms with Gasteiger partial charge in [-0.05, 0) is 41.4 Å². The minimum atomic E-state index is 0.838. The molecule has 0 unspecified atom stereocenters.